The Hall–Kier alpha value is -4.16. The van der Waals surface area contributed by atoms with Gasteiger partial charge in [-0.1, -0.05) is 18.2 Å². The quantitative estimate of drug-likeness (QED) is 0.506. The second kappa shape index (κ2) is 11.1. The Morgan fingerprint density at radius 1 is 1.00 bits per heavy atom. The number of carboxylic acids is 1. The van der Waals surface area contributed by atoms with Crippen molar-refractivity contribution in [3.63, 3.8) is 0 Å². The van der Waals surface area contributed by atoms with Gasteiger partial charge in [0.05, 0.1) is 22.9 Å². The van der Waals surface area contributed by atoms with Crippen LogP contribution in [0.15, 0.2) is 65.7 Å². The second-order valence-electron chi connectivity index (χ2n) is 7.40. The van der Waals surface area contributed by atoms with Crippen LogP contribution in [0.5, 0.6) is 0 Å². The van der Waals surface area contributed by atoms with Crippen LogP contribution in [0.4, 0.5) is 26.3 Å². The van der Waals surface area contributed by atoms with Crippen molar-refractivity contribution < 1.29 is 41.0 Å². The summed E-state index contributed by atoms with van der Waals surface area (Å²) in [6.07, 6.45) is -6.59. The van der Waals surface area contributed by atoms with Gasteiger partial charge in [0.15, 0.2) is 0 Å². The van der Waals surface area contributed by atoms with E-state index in [1.54, 1.807) is 25.3 Å². The van der Waals surface area contributed by atoms with Crippen LogP contribution in [-0.4, -0.2) is 32.7 Å². The molecule has 36 heavy (non-hydrogen) atoms. The van der Waals surface area contributed by atoms with E-state index in [9.17, 15) is 35.9 Å². The number of alkyl halides is 6. The van der Waals surface area contributed by atoms with Gasteiger partial charge < -0.3 is 15.0 Å². The average molecular weight is 515 g/mol. The Morgan fingerprint density at radius 3 is 2.06 bits per heavy atom. The predicted molar refractivity (Wildman–Crippen MR) is 115 cm³/mol. The molecule has 192 valence electrons. The molecule has 0 aliphatic heterocycles. The van der Waals surface area contributed by atoms with Crippen molar-refractivity contribution in [1.29, 1.82) is 0 Å². The monoisotopic (exact) mass is 515 g/mol. The third-order valence-corrected chi connectivity index (χ3v) is 4.76. The SMILES string of the molecule is Cc1cccnc1[C@@H](NC(=O)c1ccc(=O)n(C)c1)c1ccc(C(F)(F)F)cc1.O=C(O)C(F)(F)F. The van der Waals surface area contributed by atoms with E-state index in [-0.39, 0.29) is 11.1 Å². The number of carbonyl (C=O) groups excluding carboxylic acids is 1. The number of halogens is 6. The normalized spacial score (nSPS) is 12.2. The molecule has 0 saturated carbocycles. The van der Waals surface area contributed by atoms with Crippen molar-refractivity contribution in [2.24, 2.45) is 7.05 Å². The lowest BCUT2D eigenvalue weighted by atomic mass is 9.98. The molecule has 0 bridgehead atoms. The minimum Gasteiger partial charge on any atom is -0.475 e. The van der Waals surface area contributed by atoms with E-state index in [1.165, 1.54) is 42.1 Å². The number of aromatic nitrogens is 2. The molecule has 7 nitrogen and oxygen atoms in total. The van der Waals surface area contributed by atoms with Gasteiger partial charge in [-0.05, 0) is 42.3 Å². The summed E-state index contributed by atoms with van der Waals surface area (Å²) in [6.45, 7) is 1.80. The lowest BCUT2D eigenvalue weighted by Gasteiger charge is -2.21. The molecule has 1 atom stereocenters. The number of pyridine rings is 2. The first kappa shape index (κ1) is 28.1. The highest BCUT2D eigenvalue weighted by molar-refractivity contribution is 5.94. The number of nitrogens with one attached hydrogen (secondary N) is 1. The van der Waals surface area contributed by atoms with Gasteiger partial charge in [0, 0.05) is 25.5 Å². The number of aryl methyl sites for hydroxylation is 2. The van der Waals surface area contributed by atoms with Gasteiger partial charge in [-0.15, -0.1) is 0 Å². The largest absolute Gasteiger partial charge is 0.490 e. The standard InChI is InChI=1S/C21H18F3N3O2.C2HF3O2/c1-13-4-3-11-25-18(13)19(14-5-8-16(9-6-14)21(22,23)24)26-20(29)15-7-10-17(28)27(2)12-15;3-2(4,5)1(6)7/h3-12,19H,1-2H3,(H,26,29);(H,6,7)/t19-;/m0./s1. The molecule has 0 aliphatic rings. The maximum atomic E-state index is 12.9. The maximum Gasteiger partial charge on any atom is 0.490 e. The van der Waals surface area contributed by atoms with Crippen molar-refractivity contribution in [2.45, 2.75) is 25.3 Å². The van der Waals surface area contributed by atoms with Gasteiger partial charge >= 0.3 is 18.3 Å². The molecule has 1 aromatic carbocycles. The van der Waals surface area contributed by atoms with Gasteiger partial charge in [-0.2, -0.15) is 26.3 Å². The fourth-order valence-corrected chi connectivity index (χ4v) is 2.92. The summed E-state index contributed by atoms with van der Waals surface area (Å²) in [6, 6.07) is 10.0. The molecule has 1 amide bonds. The minimum atomic E-state index is -5.08. The Labute approximate surface area is 200 Å². The summed E-state index contributed by atoms with van der Waals surface area (Å²) >= 11 is 0. The molecule has 13 heteroatoms. The fraction of sp³-hybridized carbons (Fsp3) is 0.217. The summed E-state index contributed by atoms with van der Waals surface area (Å²) in [5.41, 5.74) is 0.961. The number of carboxylic acid groups (broad SMARTS) is 1. The van der Waals surface area contributed by atoms with Gasteiger partial charge in [0.2, 0.25) is 5.56 Å². The first-order valence-corrected chi connectivity index (χ1v) is 9.97. The zero-order valence-corrected chi connectivity index (χ0v) is 18.7. The third kappa shape index (κ3) is 7.42. The topological polar surface area (TPSA) is 101 Å². The number of nitrogens with zero attached hydrogens (tertiary/aromatic N) is 2. The first-order valence-electron chi connectivity index (χ1n) is 9.97. The van der Waals surface area contributed by atoms with Gasteiger partial charge in [-0.25, -0.2) is 4.79 Å². The summed E-state index contributed by atoms with van der Waals surface area (Å²) in [5, 5.41) is 9.94. The summed E-state index contributed by atoms with van der Waals surface area (Å²) in [4.78, 5) is 37.5. The molecule has 2 aromatic heterocycles. The van der Waals surface area contributed by atoms with Crippen LogP contribution >= 0.6 is 0 Å². The number of hydrogen-bond acceptors (Lipinski definition) is 4. The van der Waals surface area contributed by atoms with Crippen molar-refractivity contribution in [3.05, 3.63) is 99.2 Å². The van der Waals surface area contributed by atoms with Crippen molar-refractivity contribution >= 4 is 11.9 Å². The van der Waals surface area contributed by atoms with Crippen LogP contribution < -0.4 is 10.9 Å². The second-order valence-corrected chi connectivity index (χ2v) is 7.40. The zero-order valence-electron chi connectivity index (χ0n) is 18.7. The number of hydrogen-bond donors (Lipinski definition) is 2. The van der Waals surface area contributed by atoms with Gasteiger partial charge in [0.25, 0.3) is 5.91 Å². The summed E-state index contributed by atoms with van der Waals surface area (Å²) in [7, 11) is 1.52. The molecule has 0 spiro atoms. The highest BCUT2D eigenvalue weighted by atomic mass is 19.4. The van der Waals surface area contributed by atoms with Crippen LogP contribution in [0.2, 0.25) is 0 Å². The van der Waals surface area contributed by atoms with E-state index < -0.39 is 35.8 Å². The van der Waals surface area contributed by atoms with E-state index in [2.05, 4.69) is 10.3 Å². The molecule has 3 rings (SSSR count). The summed E-state index contributed by atoms with van der Waals surface area (Å²) < 4.78 is 71.7. The van der Waals surface area contributed by atoms with E-state index in [1.807, 2.05) is 0 Å². The molecule has 0 fully saturated rings. The molecular weight excluding hydrogens is 496 g/mol. The van der Waals surface area contributed by atoms with E-state index in [4.69, 9.17) is 9.90 Å². The fourth-order valence-electron chi connectivity index (χ4n) is 2.92. The molecule has 2 N–H and O–H groups in total. The number of amides is 1. The summed E-state index contributed by atoms with van der Waals surface area (Å²) in [5.74, 6) is -3.23. The Kier molecular flexibility index (Phi) is 8.62. The van der Waals surface area contributed by atoms with E-state index in [0.29, 0.717) is 11.3 Å². The molecule has 3 aromatic rings. The van der Waals surface area contributed by atoms with Crippen LogP contribution in [0, 0.1) is 6.92 Å². The smallest absolute Gasteiger partial charge is 0.475 e. The van der Waals surface area contributed by atoms with Crippen LogP contribution in [0.3, 0.4) is 0 Å². The van der Waals surface area contributed by atoms with Crippen LogP contribution in [-0.2, 0) is 18.0 Å². The van der Waals surface area contributed by atoms with E-state index in [0.717, 1.165) is 17.7 Å². The number of aliphatic carboxylic acids is 1. The van der Waals surface area contributed by atoms with Crippen LogP contribution in [0.1, 0.15) is 38.8 Å². The lowest BCUT2D eigenvalue weighted by Crippen LogP contribution is -2.31. The molecular formula is C23H19F6N3O4. The van der Waals surface area contributed by atoms with Crippen molar-refractivity contribution in [2.75, 3.05) is 0 Å². The molecule has 0 unspecified atom stereocenters. The lowest BCUT2D eigenvalue weighted by molar-refractivity contribution is -0.192. The van der Waals surface area contributed by atoms with E-state index >= 15 is 0 Å². The third-order valence-electron chi connectivity index (χ3n) is 4.76. The molecule has 2 heterocycles. The predicted octanol–water partition coefficient (Wildman–Crippen LogP) is 4.26. The highest BCUT2D eigenvalue weighted by Gasteiger charge is 2.38. The Morgan fingerprint density at radius 2 is 1.58 bits per heavy atom. The molecule has 0 aliphatic carbocycles. The molecule has 0 radical (unpaired) electrons. The van der Waals surface area contributed by atoms with Crippen molar-refractivity contribution in [3.8, 4) is 0 Å². The molecule has 0 saturated heterocycles. The number of carbonyl (C=O) groups is 2. The zero-order chi connectivity index (χ0) is 27.3. The Balaban J connectivity index is 0.000000572. The van der Waals surface area contributed by atoms with Crippen LogP contribution in [0.25, 0.3) is 0 Å². The Bertz CT molecular complexity index is 1280. The maximum absolute atomic E-state index is 12.9. The van der Waals surface area contributed by atoms with Gasteiger partial charge in [-0.3, -0.25) is 14.6 Å². The first-order chi connectivity index (χ1) is 16.6. The van der Waals surface area contributed by atoms with Crippen molar-refractivity contribution in [1.82, 2.24) is 14.9 Å². The van der Waals surface area contributed by atoms with Gasteiger partial charge in [0.1, 0.15) is 0 Å². The average Bonchev–Trinajstić information content (AvgIpc) is 2.79. The highest BCUT2D eigenvalue weighted by Crippen LogP contribution is 2.31. The number of rotatable bonds is 4. The minimum absolute atomic E-state index is 0.248. The number of benzene rings is 1.